The van der Waals surface area contributed by atoms with E-state index in [0.717, 1.165) is 29.0 Å². The molecule has 1 rings (SSSR count). The highest BCUT2D eigenvalue weighted by atomic mass is 79.9. The predicted molar refractivity (Wildman–Crippen MR) is 76.2 cm³/mol. The van der Waals surface area contributed by atoms with Gasteiger partial charge in [-0.3, -0.25) is 0 Å². The van der Waals surface area contributed by atoms with Crippen LogP contribution in [0.5, 0.6) is 5.75 Å². The molecule has 0 spiro atoms. The summed E-state index contributed by atoms with van der Waals surface area (Å²) in [5.41, 5.74) is 0.947. The molecule has 0 heterocycles. The van der Waals surface area contributed by atoms with E-state index in [0.29, 0.717) is 5.75 Å². The number of phenolic OH excluding ortho intramolecular Hbond substituents is 1. The van der Waals surface area contributed by atoms with Gasteiger partial charge in [-0.2, -0.15) is 0 Å². The molecule has 0 saturated carbocycles. The van der Waals surface area contributed by atoms with Crippen LogP contribution in [-0.4, -0.2) is 11.7 Å². The van der Waals surface area contributed by atoms with Gasteiger partial charge in [0.1, 0.15) is 5.75 Å². The molecule has 0 aromatic heterocycles. The number of para-hydroxylation sites is 1. The lowest BCUT2D eigenvalue weighted by atomic mass is 10.1. The first kappa shape index (κ1) is 14.5. The van der Waals surface area contributed by atoms with Gasteiger partial charge in [0, 0.05) is 12.1 Å². The van der Waals surface area contributed by atoms with Crippen molar-refractivity contribution in [1.29, 1.82) is 0 Å². The van der Waals surface area contributed by atoms with E-state index >= 15 is 0 Å². The number of aromatic hydroxyl groups is 1. The Bertz CT molecular complexity index is 339. The van der Waals surface area contributed by atoms with Crippen molar-refractivity contribution in [3.63, 3.8) is 0 Å². The Hall–Kier alpha value is -0.540. The summed E-state index contributed by atoms with van der Waals surface area (Å²) < 4.78 is 0.761. The molecule has 1 aromatic carbocycles. The van der Waals surface area contributed by atoms with E-state index in [2.05, 4.69) is 35.1 Å². The third kappa shape index (κ3) is 5.55. The molecule has 2 nitrogen and oxygen atoms in total. The standard InChI is InChI=1S/C14H22BrNO/c1-11(2)6-3-4-9-16-10-12-7-5-8-13(15)14(12)17/h5,7-8,11,16-17H,3-4,6,9-10H2,1-2H3. The largest absolute Gasteiger partial charge is 0.506 e. The van der Waals surface area contributed by atoms with E-state index in [-0.39, 0.29) is 0 Å². The Morgan fingerprint density at radius 3 is 2.76 bits per heavy atom. The molecule has 0 radical (unpaired) electrons. The normalized spacial score (nSPS) is 11.1. The van der Waals surface area contributed by atoms with Crippen LogP contribution in [0, 0.1) is 5.92 Å². The quantitative estimate of drug-likeness (QED) is 0.744. The Morgan fingerprint density at radius 2 is 2.06 bits per heavy atom. The molecule has 0 unspecified atom stereocenters. The molecule has 3 heteroatoms. The maximum absolute atomic E-state index is 9.79. The Kier molecular flexibility index (Phi) is 6.60. The lowest BCUT2D eigenvalue weighted by molar-refractivity contribution is 0.459. The molecule has 0 amide bonds. The fourth-order valence-corrected chi connectivity index (χ4v) is 2.14. The van der Waals surface area contributed by atoms with Crippen molar-refractivity contribution in [2.45, 2.75) is 39.7 Å². The zero-order valence-corrected chi connectivity index (χ0v) is 12.3. The summed E-state index contributed by atoms with van der Waals surface area (Å²) >= 11 is 3.32. The van der Waals surface area contributed by atoms with Crippen LogP contribution in [0.3, 0.4) is 0 Å². The van der Waals surface area contributed by atoms with Crippen molar-refractivity contribution < 1.29 is 5.11 Å². The molecule has 0 fully saturated rings. The van der Waals surface area contributed by atoms with Crippen LogP contribution in [-0.2, 0) is 6.54 Å². The van der Waals surface area contributed by atoms with Gasteiger partial charge in [0.05, 0.1) is 4.47 Å². The second-order valence-corrected chi connectivity index (χ2v) is 5.67. The SMILES string of the molecule is CC(C)CCCCNCc1cccc(Br)c1O. The van der Waals surface area contributed by atoms with E-state index in [1.807, 2.05) is 18.2 Å². The molecule has 0 saturated heterocycles. The minimum Gasteiger partial charge on any atom is -0.506 e. The minimum atomic E-state index is 0.349. The van der Waals surface area contributed by atoms with Gasteiger partial charge in [-0.25, -0.2) is 0 Å². The van der Waals surface area contributed by atoms with Gasteiger partial charge < -0.3 is 10.4 Å². The summed E-state index contributed by atoms with van der Waals surface area (Å²) in [6, 6.07) is 5.74. The summed E-state index contributed by atoms with van der Waals surface area (Å²) in [4.78, 5) is 0. The second-order valence-electron chi connectivity index (χ2n) is 4.81. The van der Waals surface area contributed by atoms with Crippen molar-refractivity contribution in [3.05, 3.63) is 28.2 Å². The summed E-state index contributed by atoms with van der Waals surface area (Å²) in [5, 5.41) is 13.1. The fourth-order valence-electron chi connectivity index (χ4n) is 1.73. The third-order valence-electron chi connectivity index (χ3n) is 2.77. The van der Waals surface area contributed by atoms with Crippen molar-refractivity contribution >= 4 is 15.9 Å². The van der Waals surface area contributed by atoms with Gasteiger partial charge >= 0.3 is 0 Å². The number of halogens is 1. The minimum absolute atomic E-state index is 0.349. The molecule has 0 aliphatic carbocycles. The topological polar surface area (TPSA) is 32.3 Å². The maximum Gasteiger partial charge on any atom is 0.134 e. The number of rotatable bonds is 7. The van der Waals surface area contributed by atoms with Crippen molar-refractivity contribution in [3.8, 4) is 5.75 Å². The van der Waals surface area contributed by atoms with E-state index in [1.54, 1.807) is 0 Å². The highest BCUT2D eigenvalue weighted by molar-refractivity contribution is 9.10. The van der Waals surface area contributed by atoms with Crippen LogP contribution in [0.4, 0.5) is 0 Å². The fraction of sp³-hybridized carbons (Fsp3) is 0.571. The highest BCUT2D eigenvalue weighted by Crippen LogP contribution is 2.27. The van der Waals surface area contributed by atoms with Gasteiger partial charge in [0.25, 0.3) is 0 Å². The summed E-state index contributed by atoms with van der Waals surface area (Å²) in [7, 11) is 0. The summed E-state index contributed by atoms with van der Waals surface area (Å²) in [5.74, 6) is 1.14. The first-order chi connectivity index (χ1) is 8.11. The maximum atomic E-state index is 9.79. The monoisotopic (exact) mass is 299 g/mol. The zero-order chi connectivity index (χ0) is 12.7. The lowest BCUT2D eigenvalue weighted by Gasteiger charge is -2.08. The molecule has 0 atom stereocenters. The Balaban J connectivity index is 2.20. The predicted octanol–water partition coefficient (Wildman–Crippen LogP) is 4.07. The molecule has 2 N–H and O–H groups in total. The number of nitrogens with one attached hydrogen (secondary N) is 1. The summed E-state index contributed by atoms with van der Waals surface area (Å²) in [6.45, 7) is 6.26. The van der Waals surface area contributed by atoms with E-state index in [9.17, 15) is 5.11 Å². The Labute approximate surface area is 113 Å². The van der Waals surface area contributed by atoms with E-state index in [1.165, 1.54) is 19.3 Å². The number of phenols is 1. The van der Waals surface area contributed by atoms with Gasteiger partial charge in [0.2, 0.25) is 0 Å². The smallest absolute Gasteiger partial charge is 0.134 e. The molecular formula is C14H22BrNO. The molecular weight excluding hydrogens is 278 g/mol. The Morgan fingerprint density at radius 1 is 1.29 bits per heavy atom. The van der Waals surface area contributed by atoms with Gasteiger partial charge in [-0.05, 0) is 40.9 Å². The first-order valence-corrected chi connectivity index (χ1v) is 7.07. The average Bonchev–Trinajstić information content (AvgIpc) is 2.28. The second kappa shape index (κ2) is 7.72. The van der Waals surface area contributed by atoms with Crippen LogP contribution < -0.4 is 5.32 Å². The molecule has 96 valence electrons. The van der Waals surface area contributed by atoms with E-state index in [4.69, 9.17) is 0 Å². The number of benzene rings is 1. The summed E-state index contributed by atoms with van der Waals surface area (Å²) in [6.07, 6.45) is 3.77. The van der Waals surface area contributed by atoms with Crippen molar-refractivity contribution in [2.24, 2.45) is 5.92 Å². The van der Waals surface area contributed by atoms with Gasteiger partial charge in [-0.15, -0.1) is 0 Å². The van der Waals surface area contributed by atoms with Crippen molar-refractivity contribution in [2.75, 3.05) is 6.54 Å². The number of unbranched alkanes of at least 4 members (excludes halogenated alkanes) is 1. The van der Waals surface area contributed by atoms with Crippen LogP contribution in [0.25, 0.3) is 0 Å². The molecule has 1 aromatic rings. The molecule has 0 aliphatic heterocycles. The number of hydrogen-bond donors (Lipinski definition) is 2. The molecule has 0 aliphatic rings. The highest BCUT2D eigenvalue weighted by Gasteiger charge is 2.03. The lowest BCUT2D eigenvalue weighted by Crippen LogP contribution is -2.14. The average molecular weight is 300 g/mol. The molecule has 17 heavy (non-hydrogen) atoms. The van der Waals surface area contributed by atoms with Crippen LogP contribution >= 0.6 is 15.9 Å². The van der Waals surface area contributed by atoms with Crippen LogP contribution in [0.2, 0.25) is 0 Å². The van der Waals surface area contributed by atoms with Crippen LogP contribution in [0.15, 0.2) is 22.7 Å². The van der Waals surface area contributed by atoms with Gasteiger partial charge in [-0.1, -0.05) is 38.8 Å². The van der Waals surface area contributed by atoms with Crippen molar-refractivity contribution in [1.82, 2.24) is 5.32 Å². The number of hydrogen-bond acceptors (Lipinski definition) is 2. The molecule has 0 bridgehead atoms. The first-order valence-electron chi connectivity index (χ1n) is 6.28. The van der Waals surface area contributed by atoms with E-state index < -0.39 is 0 Å². The van der Waals surface area contributed by atoms with Gasteiger partial charge in [0.15, 0.2) is 0 Å². The third-order valence-corrected chi connectivity index (χ3v) is 3.41. The van der Waals surface area contributed by atoms with Crippen LogP contribution in [0.1, 0.15) is 38.7 Å². The zero-order valence-electron chi connectivity index (χ0n) is 10.7.